The fourth-order valence-electron chi connectivity index (χ4n) is 2.22. The third-order valence-corrected chi connectivity index (χ3v) is 3.25. The van der Waals surface area contributed by atoms with Crippen molar-refractivity contribution < 1.29 is 9.90 Å². The van der Waals surface area contributed by atoms with Gasteiger partial charge in [0, 0.05) is 5.56 Å². The molecule has 0 amide bonds. The Labute approximate surface area is 126 Å². The van der Waals surface area contributed by atoms with Crippen molar-refractivity contribution in [3.63, 3.8) is 0 Å². The van der Waals surface area contributed by atoms with E-state index in [1.54, 1.807) is 24.3 Å². The first-order valence-electron chi connectivity index (χ1n) is 6.59. The maximum atomic E-state index is 11.5. The minimum atomic E-state index is -1.09. The largest absolute Gasteiger partial charge is 0.477 e. The molecule has 1 N–H and O–H groups in total. The van der Waals surface area contributed by atoms with Crippen LogP contribution in [0.5, 0.6) is 0 Å². The molecular weight excluding hydrogens is 278 g/mol. The summed E-state index contributed by atoms with van der Waals surface area (Å²) in [6.45, 7) is 0. The van der Waals surface area contributed by atoms with Gasteiger partial charge in [-0.05, 0) is 18.2 Å². The van der Waals surface area contributed by atoms with Gasteiger partial charge in [0.2, 0.25) is 0 Å². The normalized spacial score (nSPS) is 10.1. The quantitative estimate of drug-likeness (QED) is 0.803. The van der Waals surface area contributed by atoms with E-state index < -0.39 is 5.97 Å². The molecule has 0 unspecified atom stereocenters. The molecule has 1 heterocycles. The first-order valence-corrected chi connectivity index (χ1v) is 6.59. The molecule has 0 fully saturated rings. The molecule has 0 aliphatic heterocycles. The Morgan fingerprint density at radius 2 is 1.77 bits per heavy atom. The molecular formula is C17H11N3O2. The Morgan fingerprint density at radius 1 is 1.09 bits per heavy atom. The van der Waals surface area contributed by atoms with E-state index >= 15 is 0 Å². The topological polar surface area (TPSA) is 78.9 Å². The first kappa shape index (κ1) is 13.6. The molecule has 0 radical (unpaired) electrons. The van der Waals surface area contributed by atoms with E-state index in [1.165, 1.54) is 10.7 Å². The Morgan fingerprint density at radius 3 is 2.45 bits per heavy atom. The fraction of sp³-hybridized carbons (Fsp3) is 0. The lowest BCUT2D eigenvalue weighted by Gasteiger charge is -2.05. The number of carbonyl (C=O) groups is 1. The second-order valence-electron chi connectivity index (χ2n) is 4.63. The molecule has 22 heavy (non-hydrogen) atoms. The molecule has 0 atom stereocenters. The summed E-state index contributed by atoms with van der Waals surface area (Å²) in [5, 5.41) is 23.0. The van der Waals surface area contributed by atoms with Crippen LogP contribution >= 0.6 is 0 Å². The Kier molecular flexibility index (Phi) is 3.42. The smallest absolute Gasteiger partial charge is 0.354 e. The van der Waals surface area contributed by atoms with E-state index in [2.05, 4.69) is 11.2 Å². The van der Waals surface area contributed by atoms with E-state index in [-0.39, 0.29) is 5.69 Å². The average Bonchev–Trinajstić information content (AvgIpc) is 3.01. The molecule has 0 saturated carbocycles. The average molecular weight is 289 g/mol. The number of aromatic carboxylic acids is 1. The zero-order chi connectivity index (χ0) is 15.5. The number of nitrogens with zero attached hydrogens (tertiary/aromatic N) is 3. The van der Waals surface area contributed by atoms with E-state index in [0.717, 1.165) is 5.56 Å². The number of hydrogen-bond donors (Lipinski definition) is 1. The predicted octanol–water partition coefficient (Wildman–Crippen LogP) is 3.11. The maximum absolute atomic E-state index is 11.5. The van der Waals surface area contributed by atoms with Crippen molar-refractivity contribution in [2.24, 2.45) is 0 Å². The van der Waals surface area contributed by atoms with Gasteiger partial charge in [-0.15, -0.1) is 0 Å². The van der Waals surface area contributed by atoms with Crippen molar-refractivity contribution in [1.29, 1.82) is 5.26 Å². The van der Waals surface area contributed by atoms with Gasteiger partial charge in [0.1, 0.15) is 6.07 Å². The van der Waals surface area contributed by atoms with E-state index in [9.17, 15) is 15.2 Å². The van der Waals surface area contributed by atoms with Gasteiger partial charge in [-0.3, -0.25) is 0 Å². The monoisotopic (exact) mass is 289 g/mol. The van der Waals surface area contributed by atoms with Crippen molar-refractivity contribution in [3.8, 4) is 23.0 Å². The second-order valence-corrected chi connectivity index (χ2v) is 4.63. The summed E-state index contributed by atoms with van der Waals surface area (Å²) in [5.41, 5.74) is 2.20. The molecule has 0 spiro atoms. The van der Waals surface area contributed by atoms with E-state index in [1.807, 2.05) is 30.3 Å². The highest BCUT2D eigenvalue weighted by Gasteiger charge is 2.18. The summed E-state index contributed by atoms with van der Waals surface area (Å²) >= 11 is 0. The van der Waals surface area contributed by atoms with Crippen LogP contribution in [-0.2, 0) is 0 Å². The molecule has 0 bridgehead atoms. The number of carboxylic acid groups (broad SMARTS) is 1. The number of nitriles is 1. The minimum absolute atomic E-state index is 0.0153. The Hall–Kier alpha value is -3.39. The van der Waals surface area contributed by atoms with Gasteiger partial charge in [0.25, 0.3) is 0 Å². The van der Waals surface area contributed by atoms with Gasteiger partial charge in [-0.2, -0.15) is 10.4 Å². The van der Waals surface area contributed by atoms with Gasteiger partial charge in [0.05, 0.1) is 16.9 Å². The van der Waals surface area contributed by atoms with Crippen LogP contribution in [0, 0.1) is 11.3 Å². The molecule has 0 aliphatic rings. The van der Waals surface area contributed by atoms with Crippen LogP contribution in [0.25, 0.3) is 16.9 Å². The molecule has 1 aromatic heterocycles. The van der Waals surface area contributed by atoms with Gasteiger partial charge >= 0.3 is 5.97 Å². The van der Waals surface area contributed by atoms with Gasteiger partial charge in [-0.25, -0.2) is 9.48 Å². The molecule has 0 saturated heterocycles. The molecule has 3 aromatic rings. The van der Waals surface area contributed by atoms with Crippen LogP contribution in [0.2, 0.25) is 0 Å². The van der Waals surface area contributed by atoms with E-state index in [0.29, 0.717) is 16.9 Å². The van der Waals surface area contributed by atoms with Crippen LogP contribution in [-0.4, -0.2) is 20.9 Å². The van der Waals surface area contributed by atoms with Crippen molar-refractivity contribution >= 4 is 5.97 Å². The van der Waals surface area contributed by atoms with Crippen molar-refractivity contribution in [2.75, 3.05) is 0 Å². The highest BCUT2D eigenvalue weighted by molar-refractivity contribution is 5.88. The minimum Gasteiger partial charge on any atom is -0.477 e. The summed E-state index contributed by atoms with van der Waals surface area (Å²) in [6.07, 6.45) is 0. The summed E-state index contributed by atoms with van der Waals surface area (Å²) in [6, 6.07) is 19.6. The number of aromatic nitrogens is 2. The second kappa shape index (κ2) is 5.54. The zero-order valence-electron chi connectivity index (χ0n) is 11.5. The summed E-state index contributed by atoms with van der Waals surface area (Å²) in [4.78, 5) is 11.5. The van der Waals surface area contributed by atoms with Crippen LogP contribution in [0.3, 0.4) is 0 Å². The van der Waals surface area contributed by atoms with Crippen LogP contribution in [0.15, 0.2) is 60.7 Å². The van der Waals surface area contributed by atoms with E-state index in [4.69, 9.17) is 0 Å². The van der Waals surface area contributed by atoms with Gasteiger partial charge in [-0.1, -0.05) is 42.5 Å². The van der Waals surface area contributed by atoms with Crippen molar-refractivity contribution in [3.05, 3.63) is 71.9 Å². The van der Waals surface area contributed by atoms with Crippen LogP contribution in [0.4, 0.5) is 0 Å². The van der Waals surface area contributed by atoms with Crippen LogP contribution < -0.4 is 0 Å². The van der Waals surface area contributed by atoms with Crippen molar-refractivity contribution in [1.82, 2.24) is 9.78 Å². The number of carboxylic acids is 1. The summed E-state index contributed by atoms with van der Waals surface area (Å²) < 4.78 is 1.29. The van der Waals surface area contributed by atoms with Gasteiger partial charge < -0.3 is 5.11 Å². The lowest BCUT2D eigenvalue weighted by molar-refractivity contribution is 0.0687. The van der Waals surface area contributed by atoms with Gasteiger partial charge in [0.15, 0.2) is 5.69 Å². The highest BCUT2D eigenvalue weighted by Crippen LogP contribution is 2.23. The SMILES string of the molecule is N#Cc1ccccc1-n1nc(-c2ccccc2)cc1C(=O)O. The molecule has 3 rings (SSSR count). The van der Waals surface area contributed by atoms with Crippen molar-refractivity contribution in [2.45, 2.75) is 0 Å². The Bertz CT molecular complexity index is 876. The molecule has 2 aromatic carbocycles. The molecule has 5 heteroatoms. The third kappa shape index (κ3) is 2.34. The highest BCUT2D eigenvalue weighted by atomic mass is 16.4. The predicted molar refractivity (Wildman–Crippen MR) is 80.7 cm³/mol. The van der Waals surface area contributed by atoms with Crippen LogP contribution in [0.1, 0.15) is 16.1 Å². The summed E-state index contributed by atoms with van der Waals surface area (Å²) in [5.74, 6) is -1.09. The lowest BCUT2D eigenvalue weighted by Crippen LogP contribution is -2.09. The molecule has 0 aliphatic carbocycles. The third-order valence-electron chi connectivity index (χ3n) is 3.25. The fourth-order valence-corrected chi connectivity index (χ4v) is 2.22. The maximum Gasteiger partial charge on any atom is 0.354 e. The zero-order valence-corrected chi connectivity index (χ0v) is 11.5. The number of benzene rings is 2. The Balaban J connectivity index is 2.22. The summed E-state index contributed by atoms with van der Waals surface area (Å²) in [7, 11) is 0. The molecule has 106 valence electrons. The first-order chi connectivity index (χ1) is 10.7. The lowest BCUT2D eigenvalue weighted by atomic mass is 10.1. The number of para-hydroxylation sites is 1. The molecule has 5 nitrogen and oxygen atoms in total. The number of rotatable bonds is 3. The standard InChI is InChI=1S/C17H11N3O2/c18-11-13-8-4-5-9-15(13)20-16(17(21)22)10-14(19-20)12-6-2-1-3-7-12/h1-10H,(H,21,22). The number of hydrogen-bond acceptors (Lipinski definition) is 3.